The van der Waals surface area contributed by atoms with E-state index in [1.165, 1.54) is 10.7 Å². The Morgan fingerprint density at radius 1 is 1.19 bits per heavy atom. The fourth-order valence-corrected chi connectivity index (χ4v) is 2.56. The van der Waals surface area contributed by atoms with Crippen LogP contribution in [0.5, 0.6) is 0 Å². The SMILES string of the molecule is C[C@H](C(=O)Nc1nc2ccccc2[nH]1)n1nc(-n2cccn2)ccc1=O. The first kappa shape index (κ1) is 15.8. The number of aromatic nitrogens is 6. The van der Waals surface area contributed by atoms with Crippen LogP contribution >= 0.6 is 0 Å². The maximum atomic E-state index is 12.5. The monoisotopic (exact) mass is 349 g/mol. The highest BCUT2D eigenvalue weighted by molar-refractivity contribution is 5.93. The van der Waals surface area contributed by atoms with E-state index in [0.29, 0.717) is 11.8 Å². The molecule has 0 aliphatic heterocycles. The Kier molecular flexibility index (Phi) is 3.81. The lowest BCUT2D eigenvalue weighted by Crippen LogP contribution is -2.33. The Hall–Kier alpha value is -3.75. The van der Waals surface area contributed by atoms with Gasteiger partial charge in [0.2, 0.25) is 5.95 Å². The maximum absolute atomic E-state index is 12.5. The number of benzene rings is 1. The molecule has 1 atom stereocenters. The summed E-state index contributed by atoms with van der Waals surface area (Å²) in [5.41, 5.74) is 1.17. The van der Waals surface area contributed by atoms with Crippen molar-refractivity contribution in [2.75, 3.05) is 5.32 Å². The van der Waals surface area contributed by atoms with Gasteiger partial charge in [0.15, 0.2) is 5.82 Å². The minimum Gasteiger partial charge on any atom is -0.324 e. The van der Waals surface area contributed by atoms with Crippen LogP contribution in [0.25, 0.3) is 16.9 Å². The van der Waals surface area contributed by atoms with E-state index in [1.807, 2.05) is 24.3 Å². The van der Waals surface area contributed by atoms with E-state index in [2.05, 4.69) is 25.5 Å². The molecule has 0 radical (unpaired) electrons. The van der Waals surface area contributed by atoms with Crippen molar-refractivity contribution < 1.29 is 4.79 Å². The Balaban J connectivity index is 1.60. The molecule has 1 aromatic carbocycles. The second-order valence-corrected chi connectivity index (χ2v) is 5.69. The summed E-state index contributed by atoms with van der Waals surface area (Å²) in [6, 6.07) is 11.3. The van der Waals surface area contributed by atoms with Gasteiger partial charge in [0.05, 0.1) is 11.0 Å². The van der Waals surface area contributed by atoms with Gasteiger partial charge < -0.3 is 4.98 Å². The number of carbonyl (C=O) groups is 1. The smallest absolute Gasteiger partial charge is 0.267 e. The number of carbonyl (C=O) groups excluding carboxylic acids is 1. The zero-order valence-electron chi connectivity index (χ0n) is 13.8. The molecule has 2 N–H and O–H groups in total. The average molecular weight is 349 g/mol. The van der Waals surface area contributed by atoms with Crippen LogP contribution in [0.15, 0.2) is 59.7 Å². The largest absolute Gasteiger partial charge is 0.324 e. The van der Waals surface area contributed by atoms with Crippen LogP contribution < -0.4 is 10.9 Å². The standard InChI is InChI=1S/C17H15N7O2/c1-11(16(26)21-17-19-12-5-2-3-6-13(12)20-17)24-15(25)8-7-14(22-24)23-10-4-9-18-23/h2-11H,1H3,(H2,19,20,21,26)/t11-/m1/s1. The lowest BCUT2D eigenvalue weighted by Gasteiger charge is -2.13. The summed E-state index contributed by atoms with van der Waals surface area (Å²) in [6.45, 7) is 1.60. The number of fused-ring (bicyclic) bond motifs is 1. The molecular weight excluding hydrogens is 334 g/mol. The lowest BCUT2D eigenvalue weighted by molar-refractivity contribution is -0.119. The molecule has 4 rings (SSSR count). The van der Waals surface area contributed by atoms with Gasteiger partial charge in [0.25, 0.3) is 11.5 Å². The molecule has 3 heterocycles. The predicted molar refractivity (Wildman–Crippen MR) is 95.1 cm³/mol. The minimum absolute atomic E-state index is 0.319. The minimum atomic E-state index is -0.828. The zero-order valence-corrected chi connectivity index (χ0v) is 13.8. The average Bonchev–Trinajstić information content (AvgIpc) is 3.30. The second-order valence-electron chi connectivity index (χ2n) is 5.69. The number of hydrogen-bond donors (Lipinski definition) is 2. The number of amides is 1. The van der Waals surface area contributed by atoms with Gasteiger partial charge >= 0.3 is 0 Å². The number of rotatable bonds is 4. The topological polar surface area (TPSA) is 110 Å². The van der Waals surface area contributed by atoms with E-state index in [0.717, 1.165) is 15.7 Å². The van der Waals surface area contributed by atoms with Crippen LogP contribution in [0.4, 0.5) is 5.95 Å². The van der Waals surface area contributed by atoms with Gasteiger partial charge in [0.1, 0.15) is 6.04 Å². The second kappa shape index (κ2) is 6.28. The highest BCUT2D eigenvalue weighted by atomic mass is 16.2. The van der Waals surface area contributed by atoms with E-state index in [4.69, 9.17) is 0 Å². The summed E-state index contributed by atoms with van der Waals surface area (Å²) in [5, 5.41) is 11.0. The molecular formula is C17H15N7O2. The van der Waals surface area contributed by atoms with E-state index < -0.39 is 11.9 Å². The van der Waals surface area contributed by atoms with Crippen LogP contribution in [0, 0.1) is 0 Å². The highest BCUT2D eigenvalue weighted by Gasteiger charge is 2.19. The number of para-hydroxylation sites is 2. The molecule has 0 unspecified atom stereocenters. The summed E-state index contributed by atoms with van der Waals surface area (Å²) in [4.78, 5) is 32.0. The fraction of sp³-hybridized carbons (Fsp3) is 0.118. The van der Waals surface area contributed by atoms with Crippen LogP contribution in [-0.4, -0.2) is 35.4 Å². The number of nitrogens with one attached hydrogen (secondary N) is 2. The van der Waals surface area contributed by atoms with Gasteiger partial charge in [0, 0.05) is 18.5 Å². The Morgan fingerprint density at radius 3 is 2.81 bits per heavy atom. The molecule has 26 heavy (non-hydrogen) atoms. The van der Waals surface area contributed by atoms with Crippen LogP contribution in [0.2, 0.25) is 0 Å². The molecule has 3 aromatic heterocycles. The molecule has 9 nitrogen and oxygen atoms in total. The maximum Gasteiger partial charge on any atom is 0.267 e. The molecule has 0 aliphatic carbocycles. The first-order valence-electron chi connectivity index (χ1n) is 7.97. The number of nitrogens with zero attached hydrogens (tertiary/aromatic N) is 5. The van der Waals surface area contributed by atoms with Crippen molar-refractivity contribution in [2.45, 2.75) is 13.0 Å². The summed E-state index contributed by atoms with van der Waals surface area (Å²) >= 11 is 0. The van der Waals surface area contributed by atoms with Crippen molar-refractivity contribution in [3.63, 3.8) is 0 Å². The normalized spacial score (nSPS) is 12.2. The Bertz CT molecular complexity index is 1090. The van der Waals surface area contributed by atoms with Crippen molar-refractivity contribution in [2.24, 2.45) is 0 Å². The lowest BCUT2D eigenvalue weighted by atomic mass is 10.3. The first-order chi connectivity index (χ1) is 12.6. The molecule has 0 spiro atoms. The van der Waals surface area contributed by atoms with Crippen molar-refractivity contribution in [3.05, 3.63) is 65.2 Å². The Morgan fingerprint density at radius 2 is 2.04 bits per heavy atom. The van der Waals surface area contributed by atoms with Crippen molar-refractivity contribution in [1.29, 1.82) is 0 Å². The van der Waals surface area contributed by atoms with E-state index in [-0.39, 0.29) is 5.56 Å². The van der Waals surface area contributed by atoms with E-state index in [1.54, 1.807) is 31.5 Å². The van der Waals surface area contributed by atoms with Gasteiger partial charge in [-0.25, -0.2) is 14.3 Å². The van der Waals surface area contributed by atoms with Crippen LogP contribution in [-0.2, 0) is 4.79 Å². The van der Waals surface area contributed by atoms with Gasteiger partial charge in [-0.2, -0.15) is 5.10 Å². The molecule has 4 aromatic rings. The number of hydrogen-bond acceptors (Lipinski definition) is 5. The van der Waals surface area contributed by atoms with Crippen molar-refractivity contribution >= 4 is 22.9 Å². The third-order valence-corrected chi connectivity index (χ3v) is 3.93. The first-order valence-corrected chi connectivity index (χ1v) is 7.97. The van der Waals surface area contributed by atoms with E-state index in [9.17, 15) is 9.59 Å². The summed E-state index contributed by atoms with van der Waals surface area (Å²) in [7, 11) is 0. The van der Waals surface area contributed by atoms with Gasteiger partial charge in [-0.1, -0.05) is 12.1 Å². The van der Waals surface area contributed by atoms with Crippen molar-refractivity contribution in [1.82, 2.24) is 29.5 Å². The molecule has 0 saturated carbocycles. The third kappa shape index (κ3) is 2.86. The van der Waals surface area contributed by atoms with Gasteiger partial charge in [-0.05, 0) is 31.2 Å². The van der Waals surface area contributed by atoms with E-state index >= 15 is 0 Å². The molecule has 0 bridgehead atoms. The summed E-state index contributed by atoms with van der Waals surface area (Å²) in [6.07, 6.45) is 3.31. The van der Waals surface area contributed by atoms with Crippen LogP contribution in [0.1, 0.15) is 13.0 Å². The molecule has 0 aliphatic rings. The van der Waals surface area contributed by atoms with Crippen molar-refractivity contribution in [3.8, 4) is 5.82 Å². The number of anilines is 1. The fourth-order valence-electron chi connectivity index (χ4n) is 2.56. The molecule has 1 amide bonds. The molecule has 9 heteroatoms. The predicted octanol–water partition coefficient (Wildman–Crippen LogP) is 1.50. The summed E-state index contributed by atoms with van der Waals surface area (Å²) in [5.74, 6) is 0.355. The molecule has 0 saturated heterocycles. The van der Waals surface area contributed by atoms with Gasteiger partial charge in [-0.15, -0.1) is 5.10 Å². The number of imidazole rings is 1. The summed E-state index contributed by atoms with van der Waals surface area (Å²) < 4.78 is 2.63. The number of H-pyrrole nitrogens is 1. The Labute approximate surface area is 147 Å². The van der Waals surface area contributed by atoms with Gasteiger partial charge in [-0.3, -0.25) is 14.9 Å². The molecule has 0 fully saturated rings. The molecule has 130 valence electrons. The zero-order chi connectivity index (χ0) is 18.1. The van der Waals surface area contributed by atoms with Crippen LogP contribution in [0.3, 0.4) is 0 Å². The number of aromatic amines is 1. The quantitative estimate of drug-likeness (QED) is 0.580. The third-order valence-electron chi connectivity index (χ3n) is 3.93. The highest BCUT2D eigenvalue weighted by Crippen LogP contribution is 2.14.